The molecule has 1 saturated heterocycles. The number of carboxylic acid groups (broad SMARTS) is 1. The van der Waals surface area contributed by atoms with Gasteiger partial charge in [-0.25, -0.2) is 0 Å². The molecular weight excluding hydrogens is 200 g/mol. The second kappa shape index (κ2) is 4.82. The van der Waals surface area contributed by atoms with Gasteiger partial charge in [-0.2, -0.15) is 11.8 Å². The van der Waals surface area contributed by atoms with Crippen LogP contribution in [-0.2, 0) is 9.59 Å². The molecule has 0 radical (unpaired) electrons. The molecule has 0 amide bonds. The summed E-state index contributed by atoms with van der Waals surface area (Å²) in [6.45, 7) is 1.47. The second-order valence-corrected chi connectivity index (χ2v) is 5.15. The molecule has 1 aliphatic rings. The lowest BCUT2D eigenvalue weighted by atomic mass is 9.77. The van der Waals surface area contributed by atoms with Gasteiger partial charge in [0, 0.05) is 6.42 Å². The molecule has 1 unspecified atom stereocenters. The average Bonchev–Trinajstić information content (AvgIpc) is 2.29. The highest BCUT2D eigenvalue weighted by atomic mass is 32.2. The third kappa shape index (κ3) is 2.74. The Morgan fingerprint density at radius 3 is 2.64 bits per heavy atom. The van der Waals surface area contributed by atoms with Crippen molar-refractivity contribution in [3.63, 3.8) is 0 Å². The van der Waals surface area contributed by atoms with E-state index in [9.17, 15) is 14.7 Å². The molecule has 1 heterocycles. The number of thioether (sulfide) groups is 1. The van der Waals surface area contributed by atoms with Crippen LogP contribution in [0.4, 0.5) is 0 Å². The number of rotatable bonds is 3. The Morgan fingerprint density at radius 2 is 2.07 bits per heavy atom. The summed E-state index contributed by atoms with van der Waals surface area (Å²) in [5, 5.41) is 9.20. The molecule has 1 atom stereocenters. The van der Waals surface area contributed by atoms with E-state index in [2.05, 4.69) is 0 Å². The maximum Gasteiger partial charge on any atom is 0.310 e. The van der Waals surface area contributed by atoms with E-state index in [1.807, 2.05) is 0 Å². The molecule has 0 aromatic carbocycles. The van der Waals surface area contributed by atoms with E-state index in [4.69, 9.17) is 0 Å². The summed E-state index contributed by atoms with van der Waals surface area (Å²) in [6.07, 6.45) is 2.38. The van der Waals surface area contributed by atoms with Crippen molar-refractivity contribution in [1.82, 2.24) is 0 Å². The van der Waals surface area contributed by atoms with Crippen molar-refractivity contribution in [2.75, 3.05) is 11.5 Å². The number of hydrogen-bond acceptors (Lipinski definition) is 3. The van der Waals surface area contributed by atoms with Crippen molar-refractivity contribution in [2.45, 2.75) is 32.6 Å². The molecule has 0 aromatic rings. The average molecular weight is 216 g/mol. The highest BCUT2D eigenvalue weighted by Crippen LogP contribution is 2.37. The number of aliphatic carboxylic acids is 1. The van der Waals surface area contributed by atoms with Crippen LogP contribution in [0, 0.1) is 5.41 Å². The largest absolute Gasteiger partial charge is 0.481 e. The van der Waals surface area contributed by atoms with Gasteiger partial charge in [-0.15, -0.1) is 0 Å². The summed E-state index contributed by atoms with van der Waals surface area (Å²) in [6, 6.07) is 0. The maximum atomic E-state index is 11.2. The lowest BCUT2D eigenvalue weighted by Crippen LogP contribution is -2.33. The van der Waals surface area contributed by atoms with Gasteiger partial charge in [0.25, 0.3) is 0 Å². The number of carbonyl (C=O) groups excluding carboxylic acids is 1. The number of Topliss-reactive ketones (excluding diaryl/α,β-unsaturated/α-hetero) is 1. The van der Waals surface area contributed by atoms with Crippen LogP contribution >= 0.6 is 11.8 Å². The quantitative estimate of drug-likeness (QED) is 0.783. The normalized spacial score (nSPS) is 28.1. The van der Waals surface area contributed by atoms with Crippen LogP contribution in [0.5, 0.6) is 0 Å². The molecule has 14 heavy (non-hydrogen) atoms. The van der Waals surface area contributed by atoms with Crippen LogP contribution in [0.1, 0.15) is 32.6 Å². The zero-order valence-corrected chi connectivity index (χ0v) is 9.23. The minimum Gasteiger partial charge on any atom is -0.481 e. The van der Waals surface area contributed by atoms with E-state index in [-0.39, 0.29) is 12.2 Å². The Morgan fingerprint density at radius 1 is 1.36 bits per heavy atom. The Balaban J connectivity index is 2.77. The fourth-order valence-corrected chi connectivity index (χ4v) is 3.04. The van der Waals surface area contributed by atoms with Gasteiger partial charge >= 0.3 is 5.97 Å². The summed E-state index contributed by atoms with van der Waals surface area (Å²) < 4.78 is 0. The summed E-state index contributed by atoms with van der Waals surface area (Å²) in [5.41, 5.74) is -0.769. The smallest absolute Gasteiger partial charge is 0.310 e. The second-order valence-electron chi connectivity index (χ2n) is 3.93. The van der Waals surface area contributed by atoms with Crippen LogP contribution in [0.2, 0.25) is 0 Å². The van der Waals surface area contributed by atoms with Crippen LogP contribution in [0.25, 0.3) is 0 Å². The Labute approximate surface area is 88.3 Å². The van der Waals surface area contributed by atoms with Crippen LogP contribution in [0.15, 0.2) is 0 Å². The minimum atomic E-state index is -0.796. The van der Waals surface area contributed by atoms with Crippen molar-refractivity contribution >= 4 is 23.5 Å². The lowest BCUT2D eigenvalue weighted by molar-refractivity contribution is -0.152. The first-order valence-electron chi connectivity index (χ1n) is 4.87. The van der Waals surface area contributed by atoms with Gasteiger partial charge < -0.3 is 5.11 Å². The zero-order chi connectivity index (χ0) is 10.6. The van der Waals surface area contributed by atoms with Gasteiger partial charge in [-0.05, 0) is 37.7 Å². The highest BCUT2D eigenvalue weighted by molar-refractivity contribution is 7.99. The fraction of sp³-hybridized carbons (Fsp3) is 0.800. The van der Waals surface area contributed by atoms with E-state index in [0.717, 1.165) is 17.9 Å². The molecule has 3 nitrogen and oxygen atoms in total. The van der Waals surface area contributed by atoms with Gasteiger partial charge in [0.15, 0.2) is 0 Å². The molecule has 1 N–H and O–H groups in total. The number of hydrogen-bond donors (Lipinski definition) is 1. The summed E-state index contributed by atoms with van der Waals surface area (Å²) in [7, 11) is 0. The van der Waals surface area contributed by atoms with Crippen molar-refractivity contribution in [1.29, 1.82) is 0 Å². The summed E-state index contributed by atoms with van der Waals surface area (Å²) >= 11 is 1.79. The Bertz CT molecular complexity index is 230. The molecule has 80 valence electrons. The highest BCUT2D eigenvalue weighted by Gasteiger charge is 2.39. The standard InChI is InChI=1S/C10H16O3S/c1-8(11)7-10(9(12)13)3-2-5-14-6-4-10/h2-7H2,1H3,(H,12,13). The first kappa shape index (κ1) is 11.6. The van der Waals surface area contributed by atoms with E-state index in [1.165, 1.54) is 6.92 Å². The zero-order valence-electron chi connectivity index (χ0n) is 8.41. The third-order valence-corrected chi connectivity index (χ3v) is 3.78. The predicted molar refractivity (Wildman–Crippen MR) is 56.5 cm³/mol. The molecule has 1 aliphatic heterocycles. The first-order valence-corrected chi connectivity index (χ1v) is 6.03. The third-order valence-electron chi connectivity index (χ3n) is 2.71. The topological polar surface area (TPSA) is 54.4 Å². The van der Waals surface area contributed by atoms with Crippen LogP contribution < -0.4 is 0 Å². The summed E-state index contributed by atoms with van der Waals surface area (Å²) in [4.78, 5) is 22.3. The number of ketones is 1. The van der Waals surface area contributed by atoms with Crippen molar-refractivity contribution in [3.8, 4) is 0 Å². The van der Waals surface area contributed by atoms with E-state index < -0.39 is 11.4 Å². The molecule has 1 rings (SSSR count). The van der Waals surface area contributed by atoms with E-state index in [0.29, 0.717) is 12.8 Å². The molecular formula is C10H16O3S. The van der Waals surface area contributed by atoms with E-state index in [1.54, 1.807) is 11.8 Å². The van der Waals surface area contributed by atoms with Gasteiger partial charge in [-0.3, -0.25) is 9.59 Å². The SMILES string of the molecule is CC(=O)CC1(C(=O)O)CCCSCC1. The fourth-order valence-electron chi connectivity index (χ4n) is 1.95. The molecule has 0 spiro atoms. The molecule has 4 heteroatoms. The van der Waals surface area contributed by atoms with Gasteiger partial charge in [0.05, 0.1) is 5.41 Å². The molecule has 1 fully saturated rings. The molecule has 0 bridgehead atoms. The van der Waals surface area contributed by atoms with Gasteiger partial charge in [-0.1, -0.05) is 0 Å². The van der Waals surface area contributed by atoms with Gasteiger partial charge in [0.2, 0.25) is 0 Å². The molecule has 0 saturated carbocycles. The monoisotopic (exact) mass is 216 g/mol. The number of carboxylic acids is 1. The number of carbonyl (C=O) groups is 2. The van der Waals surface area contributed by atoms with Crippen molar-refractivity contribution < 1.29 is 14.7 Å². The van der Waals surface area contributed by atoms with Crippen molar-refractivity contribution in [3.05, 3.63) is 0 Å². The van der Waals surface area contributed by atoms with Crippen LogP contribution in [0.3, 0.4) is 0 Å². The maximum absolute atomic E-state index is 11.2. The first-order chi connectivity index (χ1) is 6.57. The van der Waals surface area contributed by atoms with E-state index >= 15 is 0 Å². The van der Waals surface area contributed by atoms with Gasteiger partial charge in [0.1, 0.15) is 5.78 Å². The minimum absolute atomic E-state index is 0.0145. The lowest BCUT2D eigenvalue weighted by Gasteiger charge is -2.26. The molecule has 0 aliphatic carbocycles. The Hall–Kier alpha value is -0.510. The van der Waals surface area contributed by atoms with Crippen LogP contribution in [-0.4, -0.2) is 28.4 Å². The molecule has 0 aromatic heterocycles. The summed E-state index contributed by atoms with van der Waals surface area (Å²) in [5.74, 6) is 1.07. The predicted octanol–water partition coefficient (Wildman–Crippen LogP) is 1.95. The van der Waals surface area contributed by atoms with Crippen molar-refractivity contribution in [2.24, 2.45) is 5.41 Å². The Kier molecular flexibility index (Phi) is 3.98.